The minimum Gasteiger partial charge on any atom is -0.394 e. The molecule has 8 amide bonds. The normalized spacial score (nSPS) is 22.3. The number of carbonyl (C=O) groups excluding carboxylic acids is 11. The lowest BCUT2D eigenvalue weighted by atomic mass is 9.84. The Morgan fingerprint density at radius 1 is 0.667 bits per heavy atom. The number of carbonyl (C=O) groups is 11. The number of aliphatic hydroxyl groups excluding tert-OH is 2. The molecule has 27 heteroatoms. The maximum atomic E-state index is 14.6. The number of hydrogen-bond acceptors (Lipinski definition) is 19. The molecule has 20 N–H and O–H groups in total. The zero-order valence-corrected chi connectivity index (χ0v) is 49.7. The zero-order valence-electron chi connectivity index (χ0n) is 49.7. The van der Waals surface area contributed by atoms with Gasteiger partial charge >= 0.3 is 0 Å². The van der Waals surface area contributed by atoms with E-state index in [1.807, 2.05) is 30.3 Å². The lowest BCUT2D eigenvalue weighted by Crippen LogP contribution is -2.60. The maximum absolute atomic E-state index is 14.6. The molecule has 476 valence electrons. The fourth-order valence-electron chi connectivity index (χ4n) is 9.79. The summed E-state index contributed by atoms with van der Waals surface area (Å²) in [6.45, 7) is 2.43. The molecule has 1 fully saturated rings. The Morgan fingerprint density at radius 2 is 1.23 bits per heavy atom. The first-order chi connectivity index (χ1) is 41.6. The third-order valence-electron chi connectivity index (χ3n) is 15.2. The van der Waals surface area contributed by atoms with Crippen molar-refractivity contribution in [2.24, 2.45) is 52.3 Å². The highest BCUT2D eigenvalue weighted by Crippen LogP contribution is 2.24. The van der Waals surface area contributed by atoms with Crippen molar-refractivity contribution in [3.05, 3.63) is 90.1 Å². The van der Waals surface area contributed by atoms with Crippen LogP contribution in [0.25, 0.3) is 11.3 Å². The number of nitrogens with one attached hydrogen (secondary N) is 8. The Bertz CT molecular complexity index is 2790. The molecule has 87 heavy (non-hydrogen) atoms. The smallest absolute Gasteiger partial charge is 0.245 e. The van der Waals surface area contributed by atoms with E-state index >= 15 is 0 Å². The van der Waals surface area contributed by atoms with Crippen LogP contribution in [0.3, 0.4) is 0 Å². The summed E-state index contributed by atoms with van der Waals surface area (Å²) in [5.41, 5.74) is 31.8. The molecule has 3 aromatic rings. The van der Waals surface area contributed by atoms with E-state index in [1.54, 1.807) is 50.2 Å². The summed E-state index contributed by atoms with van der Waals surface area (Å²) in [5, 5.41) is 41.7. The zero-order chi connectivity index (χ0) is 64.2. The van der Waals surface area contributed by atoms with Crippen molar-refractivity contribution in [1.29, 1.82) is 0 Å². The molecule has 1 aromatic heterocycles. The first-order valence-electron chi connectivity index (χ1n) is 29.5. The average Bonchev–Trinajstić information content (AvgIpc) is 3.63. The quantitative estimate of drug-likeness (QED) is 0.0357. The number of Topliss-reactive ketones (excluding diaryl/α,β-unsaturated/α-hetero) is 3. The number of nitrogens with zero attached hydrogens (tertiary/aromatic N) is 1. The number of hydrogen-bond donors (Lipinski definition) is 15. The Labute approximate surface area is 506 Å². The number of rotatable bonds is 26. The highest BCUT2D eigenvalue weighted by atomic mass is 16.3. The first kappa shape index (κ1) is 71.6. The van der Waals surface area contributed by atoms with E-state index in [9.17, 15) is 63.0 Å². The van der Waals surface area contributed by atoms with Crippen molar-refractivity contribution in [2.75, 3.05) is 45.9 Å². The number of benzene rings is 2. The molecule has 2 heterocycles. The third kappa shape index (κ3) is 22.4. The van der Waals surface area contributed by atoms with Gasteiger partial charge in [-0.15, -0.1) is 0 Å². The summed E-state index contributed by atoms with van der Waals surface area (Å²) in [5.74, 6) is -12.9. The molecule has 0 spiro atoms. The molecule has 12 atom stereocenters. The molecule has 0 saturated carbocycles. The molecule has 4 rings (SSSR count). The summed E-state index contributed by atoms with van der Waals surface area (Å²) < 4.78 is 0. The van der Waals surface area contributed by atoms with Crippen LogP contribution >= 0.6 is 0 Å². The summed E-state index contributed by atoms with van der Waals surface area (Å²) in [7, 11) is 0. The Morgan fingerprint density at radius 3 is 1.78 bits per heavy atom. The largest absolute Gasteiger partial charge is 0.394 e. The summed E-state index contributed by atoms with van der Waals surface area (Å²) in [6, 6.07) is 10.5. The van der Waals surface area contributed by atoms with Gasteiger partial charge in [0.15, 0.2) is 17.3 Å². The van der Waals surface area contributed by atoms with E-state index in [0.29, 0.717) is 17.7 Å². The Balaban J connectivity index is 1.67. The standard InChI is InChI=1S/C60H88N14O13/c1-4-34(2)41-31-51(79)47(27-36-11-7-5-8-12-36)72-57(84)43(17-23-63)70-58(85)45(20-26-67-60(87)52(35(3)76)74-59(86)44(18-24-64)71-56(83)42(16-22-62)69-55(41)82)68-54(81)40(32-65)30-50(78)48(33-75)73-53(80)39(15-21-61)29-49(77)38-19-25-66-46(28-38)37-13-9-6-10-14-37/h5-14,19,25,28,34-35,39-45,47-48,52,75-76H,4,15-18,20-24,26-27,29-33,61-65H2,1-3H3,(H,67,87)(H,68,81)(H,69,82)(H,70,85)(H,71,83)(H,72,84)(H,73,80)(H,74,86)/t34-,35+,39+,40-,41-,42-,43-,44-,45-,47+,48-,52-/m0/s1. The van der Waals surface area contributed by atoms with Gasteiger partial charge in [-0.3, -0.25) is 57.7 Å². The van der Waals surface area contributed by atoms with Crippen molar-refractivity contribution in [2.45, 2.75) is 133 Å². The molecule has 0 unspecified atom stereocenters. The molecule has 1 aliphatic rings. The summed E-state index contributed by atoms with van der Waals surface area (Å²) in [4.78, 5) is 159. The van der Waals surface area contributed by atoms with Crippen molar-refractivity contribution >= 4 is 64.6 Å². The molecular weight excluding hydrogens is 1120 g/mol. The van der Waals surface area contributed by atoms with Crippen molar-refractivity contribution in [1.82, 2.24) is 47.5 Å². The van der Waals surface area contributed by atoms with Gasteiger partial charge in [-0.25, -0.2) is 0 Å². The first-order valence-corrected chi connectivity index (χ1v) is 29.5. The van der Waals surface area contributed by atoms with Crippen LogP contribution in [0.15, 0.2) is 79.0 Å². The molecule has 2 aromatic carbocycles. The summed E-state index contributed by atoms with van der Waals surface area (Å²) in [6.07, 6.45) is -2.08. The van der Waals surface area contributed by atoms with Gasteiger partial charge in [0, 0.05) is 61.5 Å². The fraction of sp³-hybridized carbons (Fsp3) is 0.533. The van der Waals surface area contributed by atoms with Crippen molar-refractivity contribution < 1.29 is 63.0 Å². The number of nitrogens with two attached hydrogens (primary N) is 5. The maximum Gasteiger partial charge on any atom is 0.245 e. The second-order valence-corrected chi connectivity index (χ2v) is 21.7. The van der Waals surface area contributed by atoms with E-state index in [-0.39, 0.29) is 70.3 Å². The number of aromatic nitrogens is 1. The molecule has 1 aliphatic heterocycles. The van der Waals surface area contributed by atoms with E-state index in [4.69, 9.17) is 28.7 Å². The predicted molar refractivity (Wildman–Crippen MR) is 322 cm³/mol. The second kappa shape index (κ2) is 36.9. The van der Waals surface area contributed by atoms with Crippen LogP contribution in [0, 0.1) is 23.7 Å². The van der Waals surface area contributed by atoms with E-state index < -0.39 is 176 Å². The predicted octanol–water partition coefficient (Wildman–Crippen LogP) is -2.98. The van der Waals surface area contributed by atoms with E-state index in [2.05, 4.69) is 47.5 Å². The molecular formula is C60H88N14O13. The number of pyridine rings is 1. The van der Waals surface area contributed by atoms with Crippen LogP contribution in [-0.4, -0.2) is 174 Å². The van der Waals surface area contributed by atoms with E-state index in [0.717, 1.165) is 5.56 Å². The topological polar surface area (TPSA) is 467 Å². The Hall–Kier alpha value is -7.92. The van der Waals surface area contributed by atoms with Crippen LogP contribution in [0.5, 0.6) is 0 Å². The Kier molecular flexibility index (Phi) is 30.4. The van der Waals surface area contributed by atoms with Crippen LogP contribution in [0.1, 0.15) is 94.5 Å². The van der Waals surface area contributed by atoms with Gasteiger partial charge in [0.25, 0.3) is 0 Å². The molecule has 1 saturated heterocycles. The van der Waals surface area contributed by atoms with Gasteiger partial charge in [-0.1, -0.05) is 80.9 Å². The van der Waals surface area contributed by atoms with Gasteiger partial charge in [-0.2, -0.15) is 0 Å². The van der Waals surface area contributed by atoms with Crippen molar-refractivity contribution in [3.8, 4) is 11.3 Å². The van der Waals surface area contributed by atoms with Crippen LogP contribution in [0.2, 0.25) is 0 Å². The van der Waals surface area contributed by atoms with Gasteiger partial charge in [0.05, 0.1) is 30.4 Å². The van der Waals surface area contributed by atoms with Gasteiger partial charge in [-0.05, 0) is 95.2 Å². The van der Waals surface area contributed by atoms with E-state index in [1.165, 1.54) is 19.2 Å². The fourth-order valence-corrected chi connectivity index (χ4v) is 9.79. The molecule has 27 nitrogen and oxygen atoms in total. The van der Waals surface area contributed by atoms with Gasteiger partial charge in [0.1, 0.15) is 36.3 Å². The lowest BCUT2D eigenvalue weighted by molar-refractivity contribution is -0.137. The highest BCUT2D eigenvalue weighted by molar-refractivity contribution is 6.01. The number of aliphatic hydroxyl groups is 2. The van der Waals surface area contributed by atoms with Gasteiger partial charge < -0.3 is 81.4 Å². The average molecular weight is 1210 g/mol. The van der Waals surface area contributed by atoms with Crippen molar-refractivity contribution in [3.63, 3.8) is 0 Å². The minimum atomic E-state index is -1.68. The summed E-state index contributed by atoms with van der Waals surface area (Å²) >= 11 is 0. The van der Waals surface area contributed by atoms with Crippen LogP contribution < -0.4 is 71.2 Å². The highest BCUT2D eigenvalue weighted by Gasteiger charge is 2.38. The van der Waals surface area contributed by atoms with Gasteiger partial charge in [0.2, 0.25) is 47.3 Å². The lowest BCUT2D eigenvalue weighted by Gasteiger charge is -2.29. The number of ketones is 3. The second-order valence-electron chi connectivity index (χ2n) is 21.7. The third-order valence-corrected chi connectivity index (χ3v) is 15.2. The molecule has 0 radical (unpaired) electrons. The van der Waals surface area contributed by atoms with Crippen LogP contribution in [0.4, 0.5) is 0 Å². The minimum absolute atomic E-state index is 0.0142. The van der Waals surface area contributed by atoms with Crippen LogP contribution in [-0.2, 0) is 54.4 Å². The molecule has 0 aliphatic carbocycles. The SMILES string of the molecule is CC[C@H](C)[C@@H]1CC(=O)[C@@H](Cc2ccccc2)NC(=O)[C@H](CCN)NC(=O)[C@@H](NC(=O)[C@H](CN)CC(=O)[C@H](CO)NC(=O)[C@H](CCN)CC(=O)c2ccnc(-c3ccccc3)c2)CCNC(=O)[C@H]([C@@H](C)O)NC(=O)[C@H](CCN)NC(=O)[C@H](CCN)NC1=O. The monoisotopic (exact) mass is 1210 g/mol. The molecule has 0 bridgehead atoms. The number of amides is 8.